The molecule has 0 aliphatic carbocycles. The summed E-state index contributed by atoms with van der Waals surface area (Å²) in [5, 5.41) is 10.3. The number of hydrogen-bond donors (Lipinski definition) is 1. The van der Waals surface area contributed by atoms with Crippen LogP contribution in [0.4, 0.5) is 0 Å². The van der Waals surface area contributed by atoms with Crippen LogP contribution < -0.4 is 0 Å². The summed E-state index contributed by atoms with van der Waals surface area (Å²) in [4.78, 5) is 4.80. The molecule has 1 heterocycles. The van der Waals surface area contributed by atoms with Gasteiger partial charge in [-0.1, -0.05) is 29.8 Å². The zero-order chi connectivity index (χ0) is 15.2. The van der Waals surface area contributed by atoms with E-state index < -0.39 is 0 Å². The summed E-state index contributed by atoms with van der Waals surface area (Å²) in [6.07, 6.45) is 3.09. The molecular formula is C18H30N2O. The maximum Gasteiger partial charge on any atom is 0.0802 e. The molecule has 0 amide bonds. The van der Waals surface area contributed by atoms with Gasteiger partial charge < -0.3 is 14.9 Å². The highest BCUT2D eigenvalue weighted by Crippen LogP contribution is 2.21. The molecule has 1 saturated heterocycles. The van der Waals surface area contributed by atoms with Gasteiger partial charge in [0.15, 0.2) is 0 Å². The third-order valence-corrected chi connectivity index (χ3v) is 4.51. The highest BCUT2D eigenvalue weighted by molar-refractivity contribution is 5.23. The van der Waals surface area contributed by atoms with Crippen molar-refractivity contribution in [2.75, 3.05) is 40.3 Å². The summed E-state index contributed by atoms with van der Waals surface area (Å²) in [7, 11) is 4.31. The second-order valence-corrected chi connectivity index (χ2v) is 6.76. The van der Waals surface area contributed by atoms with E-state index in [0.717, 1.165) is 24.4 Å². The highest BCUT2D eigenvalue weighted by Gasteiger charge is 2.20. The first-order valence-corrected chi connectivity index (χ1v) is 8.16. The van der Waals surface area contributed by atoms with Gasteiger partial charge in [-0.3, -0.25) is 0 Å². The molecule has 1 aliphatic heterocycles. The molecule has 3 heteroatoms. The molecule has 1 unspecified atom stereocenters. The lowest BCUT2D eigenvalue weighted by atomic mass is 9.96. The smallest absolute Gasteiger partial charge is 0.0802 e. The topological polar surface area (TPSA) is 26.7 Å². The number of aryl methyl sites for hydroxylation is 1. The molecule has 1 aromatic carbocycles. The molecule has 1 aliphatic rings. The fraction of sp³-hybridized carbons (Fsp3) is 0.667. The van der Waals surface area contributed by atoms with Crippen molar-refractivity contribution in [2.24, 2.45) is 5.92 Å². The van der Waals surface area contributed by atoms with E-state index in [4.69, 9.17) is 0 Å². The van der Waals surface area contributed by atoms with Crippen molar-refractivity contribution in [1.82, 2.24) is 9.80 Å². The lowest BCUT2D eigenvalue weighted by molar-refractivity contribution is 0.117. The Morgan fingerprint density at radius 2 is 1.81 bits per heavy atom. The summed E-state index contributed by atoms with van der Waals surface area (Å²) in [5.74, 6) is 0.846. The van der Waals surface area contributed by atoms with Gasteiger partial charge in [-0.2, -0.15) is 0 Å². The van der Waals surface area contributed by atoms with E-state index in [1.54, 1.807) is 0 Å². The Morgan fingerprint density at radius 1 is 1.19 bits per heavy atom. The number of rotatable bonds is 6. The molecule has 1 atom stereocenters. The Morgan fingerprint density at radius 3 is 2.38 bits per heavy atom. The van der Waals surface area contributed by atoms with Gasteiger partial charge in [0.25, 0.3) is 0 Å². The fourth-order valence-electron chi connectivity index (χ4n) is 3.17. The molecule has 0 bridgehead atoms. The number of piperidine rings is 1. The van der Waals surface area contributed by atoms with Crippen LogP contribution in [0.15, 0.2) is 24.3 Å². The molecule has 1 fully saturated rings. The maximum absolute atomic E-state index is 10.3. The summed E-state index contributed by atoms with van der Waals surface area (Å²) in [6.45, 7) is 6.65. The van der Waals surface area contributed by atoms with Crippen LogP contribution in [-0.4, -0.2) is 55.2 Å². The van der Waals surface area contributed by atoms with Crippen LogP contribution in [0.3, 0.4) is 0 Å². The lowest BCUT2D eigenvalue weighted by Gasteiger charge is -2.33. The number of nitrogens with zero attached hydrogens (tertiary/aromatic N) is 2. The van der Waals surface area contributed by atoms with Crippen LogP contribution in [-0.2, 0) is 0 Å². The van der Waals surface area contributed by atoms with Crippen molar-refractivity contribution in [2.45, 2.75) is 32.3 Å². The van der Waals surface area contributed by atoms with E-state index in [2.05, 4.69) is 43.0 Å². The molecule has 2 rings (SSSR count). The molecule has 118 valence electrons. The van der Waals surface area contributed by atoms with Crippen LogP contribution in [0.1, 0.15) is 36.5 Å². The van der Waals surface area contributed by atoms with Crippen LogP contribution in [0.2, 0.25) is 0 Å². The summed E-state index contributed by atoms with van der Waals surface area (Å²) >= 11 is 0. The van der Waals surface area contributed by atoms with Crippen LogP contribution >= 0.6 is 0 Å². The Kier molecular flexibility index (Phi) is 6.22. The lowest BCUT2D eigenvalue weighted by Crippen LogP contribution is -2.37. The first-order chi connectivity index (χ1) is 10.0. The SMILES string of the molecule is Cc1ccc(C(O)CCN2CCC(CN(C)C)CC2)cc1. The van der Waals surface area contributed by atoms with Gasteiger partial charge >= 0.3 is 0 Å². The zero-order valence-corrected chi connectivity index (χ0v) is 13.8. The van der Waals surface area contributed by atoms with Gasteiger partial charge in [-0.25, -0.2) is 0 Å². The van der Waals surface area contributed by atoms with Crippen molar-refractivity contribution < 1.29 is 5.11 Å². The number of aliphatic hydroxyl groups excluding tert-OH is 1. The van der Waals surface area contributed by atoms with E-state index in [0.29, 0.717) is 0 Å². The van der Waals surface area contributed by atoms with Gasteiger partial charge in [0, 0.05) is 13.1 Å². The molecule has 3 nitrogen and oxygen atoms in total. The number of likely N-dealkylation sites (tertiary alicyclic amines) is 1. The van der Waals surface area contributed by atoms with Crippen LogP contribution in [0.5, 0.6) is 0 Å². The monoisotopic (exact) mass is 290 g/mol. The third-order valence-electron chi connectivity index (χ3n) is 4.51. The molecule has 0 radical (unpaired) electrons. The maximum atomic E-state index is 10.3. The number of aliphatic hydroxyl groups is 1. The minimum Gasteiger partial charge on any atom is -0.388 e. The first-order valence-electron chi connectivity index (χ1n) is 8.16. The molecule has 1 N–H and O–H groups in total. The number of benzene rings is 1. The van der Waals surface area contributed by atoms with Gasteiger partial charge in [0.2, 0.25) is 0 Å². The zero-order valence-electron chi connectivity index (χ0n) is 13.8. The van der Waals surface area contributed by atoms with E-state index in [1.165, 1.54) is 38.0 Å². The van der Waals surface area contributed by atoms with Crippen LogP contribution in [0.25, 0.3) is 0 Å². The minimum absolute atomic E-state index is 0.329. The average Bonchev–Trinajstić information content (AvgIpc) is 2.46. The second kappa shape index (κ2) is 7.92. The summed E-state index contributed by atoms with van der Waals surface area (Å²) < 4.78 is 0. The van der Waals surface area contributed by atoms with E-state index in [-0.39, 0.29) is 6.10 Å². The Hall–Kier alpha value is -0.900. The standard InChI is InChI=1S/C18H30N2O/c1-15-4-6-17(7-5-15)18(21)10-13-20-11-8-16(9-12-20)14-19(2)3/h4-7,16,18,21H,8-14H2,1-3H3. The quantitative estimate of drug-likeness (QED) is 0.872. The van der Waals surface area contributed by atoms with Crippen molar-refractivity contribution in [1.29, 1.82) is 0 Å². The molecular weight excluding hydrogens is 260 g/mol. The van der Waals surface area contributed by atoms with Crippen molar-refractivity contribution in [3.8, 4) is 0 Å². The molecule has 0 aromatic heterocycles. The Bertz CT molecular complexity index is 408. The fourth-order valence-corrected chi connectivity index (χ4v) is 3.17. The molecule has 1 aromatic rings. The van der Waals surface area contributed by atoms with E-state index in [9.17, 15) is 5.11 Å². The van der Waals surface area contributed by atoms with Gasteiger partial charge in [-0.05, 0) is 64.9 Å². The predicted octanol–water partition coefficient (Wildman–Crippen LogP) is 2.69. The van der Waals surface area contributed by atoms with E-state index >= 15 is 0 Å². The number of hydrogen-bond acceptors (Lipinski definition) is 3. The summed E-state index contributed by atoms with van der Waals surface area (Å²) in [6, 6.07) is 8.24. The van der Waals surface area contributed by atoms with E-state index in [1.807, 2.05) is 12.1 Å². The molecule has 0 saturated carbocycles. The Balaban J connectivity index is 1.70. The largest absolute Gasteiger partial charge is 0.388 e. The Labute approximate surface area is 129 Å². The average molecular weight is 290 g/mol. The summed E-state index contributed by atoms with van der Waals surface area (Å²) in [5.41, 5.74) is 2.29. The molecule has 21 heavy (non-hydrogen) atoms. The highest BCUT2D eigenvalue weighted by atomic mass is 16.3. The van der Waals surface area contributed by atoms with Crippen LogP contribution in [0, 0.1) is 12.8 Å². The first kappa shape index (κ1) is 16.5. The van der Waals surface area contributed by atoms with Crippen molar-refractivity contribution >= 4 is 0 Å². The third kappa shape index (κ3) is 5.42. The van der Waals surface area contributed by atoms with Gasteiger partial charge in [-0.15, -0.1) is 0 Å². The molecule has 0 spiro atoms. The van der Waals surface area contributed by atoms with Crippen molar-refractivity contribution in [3.63, 3.8) is 0 Å². The second-order valence-electron chi connectivity index (χ2n) is 6.76. The van der Waals surface area contributed by atoms with Crippen molar-refractivity contribution in [3.05, 3.63) is 35.4 Å². The normalized spacial score (nSPS) is 19.1. The van der Waals surface area contributed by atoms with Gasteiger partial charge in [0.05, 0.1) is 6.10 Å². The predicted molar refractivity (Wildman–Crippen MR) is 88.5 cm³/mol. The van der Waals surface area contributed by atoms with Gasteiger partial charge in [0.1, 0.15) is 0 Å². The minimum atomic E-state index is -0.329.